The minimum atomic E-state index is -0.221. The molecule has 2 N–H and O–H groups in total. The number of aliphatic hydroxyl groups excluding tert-OH is 1. The second-order valence-electron chi connectivity index (χ2n) is 4.34. The van der Waals surface area contributed by atoms with E-state index in [4.69, 9.17) is 5.11 Å². The Morgan fingerprint density at radius 1 is 1.62 bits per heavy atom. The molecule has 1 aliphatic carbocycles. The molecule has 1 aromatic rings. The first-order chi connectivity index (χ1) is 7.60. The molecule has 1 aliphatic rings. The summed E-state index contributed by atoms with van der Waals surface area (Å²) in [6.45, 7) is 4.15. The van der Waals surface area contributed by atoms with E-state index in [2.05, 4.69) is 12.2 Å². The summed E-state index contributed by atoms with van der Waals surface area (Å²) in [5.41, 5.74) is 1.25. The van der Waals surface area contributed by atoms with Crippen LogP contribution in [0, 0.1) is 6.92 Å². The van der Waals surface area contributed by atoms with Crippen LogP contribution >= 0.6 is 11.3 Å². The van der Waals surface area contributed by atoms with Gasteiger partial charge in [0.2, 0.25) is 0 Å². The van der Waals surface area contributed by atoms with E-state index in [-0.39, 0.29) is 18.1 Å². The number of nitrogens with one attached hydrogen (secondary N) is 1. The molecule has 2 rings (SSSR count). The quantitative estimate of drug-likeness (QED) is 0.846. The van der Waals surface area contributed by atoms with E-state index < -0.39 is 0 Å². The maximum Gasteiger partial charge on any atom is 0.261 e. The smallest absolute Gasteiger partial charge is 0.261 e. The first-order valence-corrected chi connectivity index (χ1v) is 6.50. The van der Waals surface area contributed by atoms with E-state index in [0.29, 0.717) is 12.8 Å². The van der Waals surface area contributed by atoms with Gasteiger partial charge in [-0.2, -0.15) is 0 Å². The molecule has 0 aromatic carbocycles. The topological polar surface area (TPSA) is 49.3 Å². The van der Waals surface area contributed by atoms with Crippen LogP contribution in [0.5, 0.6) is 0 Å². The van der Waals surface area contributed by atoms with Gasteiger partial charge in [-0.3, -0.25) is 4.79 Å². The standard InChI is InChI=1S/C12H17NO2S/c1-3-8-4-11(16-7(8)2)12(15)13-9-5-10(14)6-9/h4,9-10,14H,3,5-6H2,1-2H3,(H,13,15). The fourth-order valence-corrected chi connectivity index (χ4v) is 2.96. The molecule has 3 nitrogen and oxygen atoms in total. The first kappa shape index (κ1) is 11.6. The van der Waals surface area contributed by atoms with Crippen molar-refractivity contribution >= 4 is 17.2 Å². The van der Waals surface area contributed by atoms with Crippen LogP contribution in [0.15, 0.2) is 6.07 Å². The predicted octanol–water partition coefficient (Wildman–Crippen LogP) is 1.87. The van der Waals surface area contributed by atoms with Crippen molar-refractivity contribution in [3.8, 4) is 0 Å². The van der Waals surface area contributed by atoms with E-state index >= 15 is 0 Å². The van der Waals surface area contributed by atoms with Gasteiger partial charge in [-0.1, -0.05) is 6.92 Å². The minimum absolute atomic E-state index is 0.00435. The molecule has 0 unspecified atom stereocenters. The van der Waals surface area contributed by atoms with Crippen LogP contribution in [0.3, 0.4) is 0 Å². The molecular weight excluding hydrogens is 222 g/mol. The second-order valence-corrected chi connectivity index (χ2v) is 5.60. The third-order valence-electron chi connectivity index (χ3n) is 3.07. The van der Waals surface area contributed by atoms with Gasteiger partial charge in [0.1, 0.15) is 0 Å². The number of amides is 1. The summed E-state index contributed by atoms with van der Waals surface area (Å²) in [4.78, 5) is 13.9. The third-order valence-corrected chi connectivity index (χ3v) is 4.17. The van der Waals surface area contributed by atoms with Crippen LogP contribution in [-0.2, 0) is 6.42 Å². The zero-order chi connectivity index (χ0) is 11.7. The highest BCUT2D eigenvalue weighted by atomic mass is 32.1. The molecule has 0 spiro atoms. The highest BCUT2D eigenvalue weighted by molar-refractivity contribution is 7.14. The van der Waals surface area contributed by atoms with E-state index in [0.717, 1.165) is 11.3 Å². The molecule has 0 saturated heterocycles. The Hall–Kier alpha value is -0.870. The van der Waals surface area contributed by atoms with Gasteiger partial charge in [0.25, 0.3) is 5.91 Å². The molecule has 0 aliphatic heterocycles. The normalized spacial score (nSPS) is 23.9. The molecular formula is C12H17NO2S. The Balaban J connectivity index is 1.98. The predicted molar refractivity (Wildman–Crippen MR) is 64.9 cm³/mol. The summed E-state index contributed by atoms with van der Waals surface area (Å²) < 4.78 is 0. The molecule has 1 aromatic heterocycles. The lowest BCUT2D eigenvalue weighted by Gasteiger charge is -2.31. The van der Waals surface area contributed by atoms with Crippen LogP contribution < -0.4 is 5.32 Å². The van der Waals surface area contributed by atoms with Gasteiger partial charge in [0, 0.05) is 10.9 Å². The highest BCUT2D eigenvalue weighted by Gasteiger charge is 2.29. The van der Waals surface area contributed by atoms with E-state index in [1.54, 1.807) is 11.3 Å². The van der Waals surface area contributed by atoms with Gasteiger partial charge in [-0.05, 0) is 37.8 Å². The van der Waals surface area contributed by atoms with Crippen LogP contribution in [0.25, 0.3) is 0 Å². The van der Waals surface area contributed by atoms with Crippen molar-refractivity contribution in [2.75, 3.05) is 0 Å². The monoisotopic (exact) mass is 239 g/mol. The molecule has 1 saturated carbocycles. The van der Waals surface area contributed by atoms with Crippen LogP contribution in [0.2, 0.25) is 0 Å². The molecule has 16 heavy (non-hydrogen) atoms. The minimum Gasteiger partial charge on any atom is -0.393 e. The molecule has 1 amide bonds. The lowest BCUT2D eigenvalue weighted by Crippen LogP contribution is -2.46. The van der Waals surface area contributed by atoms with E-state index in [1.807, 2.05) is 13.0 Å². The van der Waals surface area contributed by atoms with Crippen molar-refractivity contribution in [2.45, 2.75) is 45.3 Å². The Kier molecular flexibility index (Phi) is 3.30. The fourth-order valence-electron chi connectivity index (χ4n) is 1.94. The van der Waals surface area contributed by atoms with Gasteiger partial charge in [-0.15, -0.1) is 11.3 Å². The Morgan fingerprint density at radius 2 is 2.31 bits per heavy atom. The summed E-state index contributed by atoms with van der Waals surface area (Å²) in [7, 11) is 0. The number of hydrogen-bond acceptors (Lipinski definition) is 3. The van der Waals surface area contributed by atoms with E-state index in [9.17, 15) is 4.79 Å². The first-order valence-electron chi connectivity index (χ1n) is 5.68. The largest absolute Gasteiger partial charge is 0.393 e. The van der Waals surface area contributed by atoms with Gasteiger partial charge in [0.15, 0.2) is 0 Å². The zero-order valence-electron chi connectivity index (χ0n) is 9.62. The number of thiophene rings is 1. The molecule has 1 heterocycles. The lowest BCUT2D eigenvalue weighted by atomic mass is 9.89. The maximum atomic E-state index is 11.9. The van der Waals surface area contributed by atoms with Gasteiger partial charge < -0.3 is 10.4 Å². The van der Waals surface area contributed by atoms with Gasteiger partial charge in [-0.25, -0.2) is 0 Å². The second kappa shape index (κ2) is 4.55. The van der Waals surface area contributed by atoms with Crippen molar-refractivity contribution in [3.63, 3.8) is 0 Å². The third kappa shape index (κ3) is 2.28. The Bertz CT molecular complexity index is 394. The summed E-state index contributed by atoms with van der Waals surface area (Å²) in [5.74, 6) is 0.00435. The number of hydrogen-bond donors (Lipinski definition) is 2. The molecule has 4 heteroatoms. The fraction of sp³-hybridized carbons (Fsp3) is 0.583. The average Bonchev–Trinajstić information content (AvgIpc) is 2.57. The van der Waals surface area contributed by atoms with Crippen molar-refractivity contribution in [1.82, 2.24) is 5.32 Å². The lowest BCUT2D eigenvalue weighted by molar-refractivity contribution is 0.0564. The average molecular weight is 239 g/mol. The van der Waals surface area contributed by atoms with Crippen LogP contribution in [0.1, 0.15) is 39.9 Å². The van der Waals surface area contributed by atoms with Crippen molar-refractivity contribution in [2.24, 2.45) is 0 Å². The number of carbonyl (C=O) groups excluding carboxylic acids is 1. The SMILES string of the molecule is CCc1cc(C(=O)NC2CC(O)C2)sc1C. The zero-order valence-corrected chi connectivity index (χ0v) is 10.4. The molecule has 88 valence electrons. The number of aliphatic hydroxyl groups is 1. The number of aryl methyl sites for hydroxylation is 2. The number of rotatable bonds is 3. The van der Waals surface area contributed by atoms with Gasteiger partial charge in [0.05, 0.1) is 11.0 Å². The summed E-state index contributed by atoms with van der Waals surface area (Å²) in [6, 6.07) is 2.14. The van der Waals surface area contributed by atoms with Gasteiger partial charge >= 0.3 is 0 Å². The Labute approximate surface area is 99.5 Å². The maximum absolute atomic E-state index is 11.9. The van der Waals surface area contributed by atoms with Crippen molar-refractivity contribution in [3.05, 3.63) is 21.4 Å². The van der Waals surface area contributed by atoms with E-state index in [1.165, 1.54) is 10.4 Å². The van der Waals surface area contributed by atoms with Crippen molar-refractivity contribution < 1.29 is 9.90 Å². The molecule has 1 fully saturated rings. The summed E-state index contributed by atoms with van der Waals surface area (Å²) >= 11 is 1.55. The van der Waals surface area contributed by atoms with Crippen molar-refractivity contribution in [1.29, 1.82) is 0 Å². The summed E-state index contributed by atoms with van der Waals surface area (Å²) in [5, 5.41) is 12.1. The molecule has 0 atom stereocenters. The molecule has 0 bridgehead atoms. The summed E-state index contributed by atoms with van der Waals surface area (Å²) in [6.07, 6.45) is 2.13. The molecule has 0 radical (unpaired) electrons. The Morgan fingerprint density at radius 3 is 2.81 bits per heavy atom. The number of carbonyl (C=O) groups is 1. The van der Waals surface area contributed by atoms with Crippen LogP contribution in [-0.4, -0.2) is 23.2 Å². The van der Waals surface area contributed by atoms with Crippen LogP contribution in [0.4, 0.5) is 0 Å². The highest BCUT2D eigenvalue weighted by Crippen LogP contribution is 2.24.